The van der Waals surface area contributed by atoms with Gasteiger partial charge in [-0.2, -0.15) is 0 Å². The van der Waals surface area contributed by atoms with Gasteiger partial charge in [-0.3, -0.25) is 0 Å². The van der Waals surface area contributed by atoms with Crippen LogP contribution in [0.3, 0.4) is 0 Å². The van der Waals surface area contributed by atoms with Crippen molar-refractivity contribution in [3.63, 3.8) is 0 Å². The van der Waals surface area contributed by atoms with Crippen molar-refractivity contribution in [2.75, 3.05) is 7.11 Å². The van der Waals surface area contributed by atoms with E-state index >= 15 is 0 Å². The monoisotopic (exact) mass is 255 g/mol. The van der Waals surface area contributed by atoms with Crippen LogP contribution in [0, 0.1) is 0 Å². The maximum atomic E-state index is 11.9. The molecule has 0 aliphatic carbocycles. The van der Waals surface area contributed by atoms with Crippen LogP contribution in [-0.4, -0.2) is 13.1 Å². The van der Waals surface area contributed by atoms with Crippen LogP contribution >= 0.6 is 0 Å². The summed E-state index contributed by atoms with van der Waals surface area (Å²) in [5.41, 5.74) is 3.33. The van der Waals surface area contributed by atoms with Crippen molar-refractivity contribution in [1.29, 1.82) is 0 Å². The van der Waals surface area contributed by atoms with Gasteiger partial charge in [-0.15, -0.1) is 0 Å². The van der Waals surface area contributed by atoms with E-state index in [0.29, 0.717) is 0 Å². The number of carbonyl (C=O) groups is 1. The van der Waals surface area contributed by atoms with E-state index in [1.54, 1.807) is 0 Å². The van der Waals surface area contributed by atoms with Gasteiger partial charge >= 0.3 is 5.97 Å². The highest BCUT2D eigenvalue weighted by molar-refractivity contribution is 5.82. The summed E-state index contributed by atoms with van der Waals surface area (Å²) in [5.74, 6) is -0.484. The molecule has 0 aromatic heterocycles. The second-order valence-corrected chi connectivity index (χ2v) is 4.33. The molecule has 0 fully saturated rings. The quantitative estimate of drug-likeness (QED) is 0.734. The Labute approximate surface area is 113 Å². The first-order valence-corrected chi connectivity index (χ1v) is 6.06. The molecule has 1 aliphatic heterocycles. The fraction of sp³-hybridized carbons (Fsp3) is 0.188. The van der Waals surface area contributed by atoms with Gasteiger partial charge < -0.3 is 9.47 Å². The average molecular weight is 255 g/mol. The molecular formula is C16H14O3. The smallest absolute Gasteiger partial charge is 0.339 e. The predicted octanol–water partition coefficient (Wildman–Crippen LogP) is 3.10. The third-order valence-corrected chi connectivity index (χ3v) is 3.24. The predicted molar refractivity (Wildman–Crippen MR) is 71.4 cm³/mol. The normalized spacial score (nSPS) is 21.6. The van der Waals surface area contributed by atoms with Gasteiger partial charge in [0.15, 0.2) is 6.10 Å². The second kappa shape index (κ2) is 4.86. The molecule has 1 aliphatic rings. The number of hydrogen-bond acceptors (Lipinski definition) is 3. The molecule has 2 aromatic carbocycles. The molecule has 2 aromatic rings. The van der Waals surface area contributed by atoms with Crippen LogP contribution in [0.15, 0.2) is 48.5 Å². The Morgan fingerprint density at radius 2 is 1.89 bits per heavy atom. The Morgan fingerprint density at radius 3 is 2.68 bits per heavy atom. The molecule has 2 unspecified atom stereocenters. The topological polar surface area (TPSA) is 35.5 Å². The first-order chi connectivity index (χ1) is 9.72. The molecule has 0 amide bonds. The van der Waals surface area contributed by atoms with Crippen LogP contribution in [0.5, 0.6) is 0 Å². The van der Waals surface area contributed by atoms with Crippen LogP contribution in [0.25, 0.3) is 11.1 Å². The molecule has 3 rings (SSSR count). The SMILES string of the molecule is [2H]C1OC(C(=O)OC)c2ccccc2-c2ccccc21. The van der Waals surface area contributed by atoms with E-state index in [9.17, 15) is 4.79 Å². The van der Waals surface area contributed by atoms with Gasteiger partial charge in [0.1, 0.15) is 0 Å². The summed E-state index contributed by atoms with van der Waals surface area (Å²) in [5, 5.41) is 0. The number of fused-ring (bicyclic) bond motifs is 3. The number of rotatable bonds is 1. The minimum absolute atomic E-state index is 0.484. The third-order valence-electron chi connectivity index (χ3n) is 3.24. The Kier molecular flexibility index (Phi) is 2.75. The van der Waals surface area contributed by atoms with Gasteiger partial charge in [0.25, 0.3) is 0 Å². The second-order valence-electron chi connectivity index (χ2n) is 4.33. The lowest BCUT2D eigenvalue weighted by Gasteiger charge is -2.15. The van der Waals surface area contributed by atoms with Crippen molar-refractivity contribution in [2.45, 2.75) is 12.7 Å². The first kappa shape index (κ1) is 10.8. The van der Waals surface area contributed by atoms with Crippen molar-refractivity contribution < 1.29 is 15.6 Å². The summed E-state index contributed by atoms with van der Waals surface area (Å²) in [7, 11) is 1.32. The van der Waals surface area contributed by atoms with E-state index in [1.807, 2.05) is 48.5 Å². The van der Waals surface area contributed by atoms with Crippen molar-refractivity contribution in [2.24, 2.45) is 0 Å². The highest BCUT2D eigenvalue weighted by Crippen LogP contribution is 2.36. The number of esters is 1. The Bertz CT molecular complexity index is 654. The molecular weight excluding hydrogens is 240 g/mol. The molecule has 0 saturated carbocycles. The van der Waals surface area contributed by atoms with Crippen molar-refractivity contribution in [3.8, 4) is 11.1 Å². The summed E-state index contributed by atoms with van der Waals surface area (Å²) < 4.78 is 18.5. The van der Waals surface area contributed by atoms with Crippen molar-refractivity contribution in [3.05, 3.63) is 59.7 Å². The Morgan fingerprint density at radius 1 is 1.21 bits per heavy atom. The molecule has 3 nitrogen and oxygen atoms in total. The molecule has 19 heavy (non-hydrogen) atoms. The average Bonchev–Trinajstić information content (AvgIpc) is 2.63. The lowest BCUT2D eigenvalue weighted by Crippen LogP contribution is -2.16. The molecule has 2 atom stereocenters. The Hall–Kier alpha value is -2.13. The molecule has 0 radical (unpaired) electrons. The Balaban J connectivity index is 2.23. The summed E-state index contributed by atoms with van der Waals surface area (Å²) in [6.07, 6.45) is -0.869. The number of ether oxygens (including phenoxy) is 2. The van der Waals surface area contributed by atoms with E-state index in [2.05, 4.69) is 0 Å². The van der Waals surface area contributed by atoms with E-state index < -0.39 is 18.7 Å². The largest absolute Gasteiger partial charge is 0.467 e. The zero-order valence-corrected chi connectivity index (χ0v) is 10.5. The number of benzene rings is 2. The molecule has 0 bridgehead atoms. The lowest BCUT2D eigenvalue weighted by atomic mass is 9.94. The van der Waals surface area contributed by atoms with Crippen LogP contribution < -0.4 is 0 Å². The highest BCUT2D eigenvalue weighted by Gasteiger charge is 2.28. The maximum Gasteiger partial charge on any atom is 0.339 e. The van der Waals surface area contributed by atoms with Gasteiger partial charge in [0.2, 0.25) is 0 Å². The van der Waals surface area contributed by atoms with Gasteiger partial charge in [-0.25, -0.2) is 4.79 Å². The highest BCUT2D eigenvalue weighted by atomic mass is 16.6. The van der Waals surface area contributed by atoms with Crippen LogP contribution in [-0.2, 0) is 20.9 Å². The van der Waals surface area contributed by atoms with Gasteiger partial charge in [-0.1, -0.05) is 48.5 Å². The minimum atomic E-state index is -0.914. The summed E-state index contributed by atoms with van der Waals surface area (Å²) >= 11 is 0. The summed E-state index contributed by atoms with van der Waals surface area (Å²) in [4.78, 5) is 11.9. The maximum absolute atomic E-state index is 11.9. The van der Waals surface area contributed by atoms with Crippen LogP contribution in [0.1, 0.15) is 18.6 Å². The molecule has 0 N–H and O–H groups in total. The van der Waals surface area contributed by atoms with Crippen LogP contribution in [0.2, 0.25) is 0 Å². The van der Waals surface area contributed by atoms with E-state index in [4.69, 9.17) is 10.8 Å². The molecule has 0 saturated heterocycles. The number of carbonyl (C=O) groups excluding carboxylic acids is 1. The van der Waals surface area contributed by atoms with E-state index in [-0.39, 0.29) is 0 Å². The van der Waals surface area contributed by atoms with E-state index in [1.165, 1.54) is 7.11 Å². The lowest BCUT2D eigenvalue weighted by molar-refractivity contribution is -0.155. The van der Waals surface area contributed by atoms with Crippen molar-refractivity contribution >= 4 is 5.97 Å². The fourth-order valence-corrected chi connectivity index (χ4v) is 2.32. The first-order valence-electron chi connectivity index (χ1n) is 6.64. The molecule has 96 valence electrons. The third kappa shape index (κ3) is 2.02. The zero-order chi connectivity index (χ0) is 14.1. The molecule has 0 spiro atoms. The molecule has 1 heterocycles. The van der Waals surface area contributed by atoms with Gasteiger partial charge in [-0.05, 0) is 22.3 Å². The summed E-state index contributed by atoms with van der Waals surface area (Å²) in [6, 6.07) is 15.1. The fourth-order valence-electron chi connectivity index (χ4n) is 2.32. The number of methoxy groups -OCH3 is 1. The van der Waals surface area contributed by atoms with Gasteiger partial charge in [0.05, 0.1) is 15.1 Å². The van der Waals surface area contributed by atoms with E-state index in [0.717, 1.165) is 22.3 Å². The zero-order valence-electron chi connectivity index (χ0n) is 11.5. The van der Waals surface area contributed by atoms with Crippen LogP contribution in [0.4, 0.5) is 0 Å². The standard InChI is InChI=1S/C16H14O3/c1-18-16(17)15-14-9-5-4-8-13(14)12-7-3-2-6-11(12)10-19-15/h2-9,15H,10H2,1H3/i10D. The minimum Gasteiger partial charge on any atom is -0.467 e. The summed E-state index contributed by atoms with van der Waals surface area (Å²) in [6.45, 7) is -0.914. The molecule has 3 heteroatoms. The van der Waals surface area contributed by atoms with Crippen molar-refractivity contribution in [1.82, 2.24) is 0 Å². The number of hydrogen-bond donors (Lipinski definition) is 0. The van der Waals surface area contributed by atoms with Gasteiger partial charge in [0, 0.05) is 0 Å².